The van der Waals surface area contributed by atoms with E-state index in [0.29, 0.717) is 37.6 Å². The van der Waals surface area contributed by atoms with E-state index in [4.69, 9.17) is 10.5 Å². The summed E-state index contributed by atoms with van der Waals surface area (Å²) in [5, 5.41) is 2.86. The average molecular weight is 582 g/mol. The Labute approximate surface area is 254 Å². The smallest absolute Gasteiger partial charge is 0.320 e. The van der Waals surface area contributed by atoms with E-state index in [9.17, 15) is 4.79 Å². The molecule has 1 amide bonds. The van der Waals surface area contributed by atoms with Gasteiger partial charge in [-0.25, -0.2) is 0 Å². The molecule has 2 saturated heterocycles. The molecule has 2 aromatic rings. The molecule has 0 aliphatic carbocycles. The number of fused-ring (bicyclic) bond motifs is 1. The summed E-state index contributed by atoms with van der Waals surface area (Å²) >= 11 is 0. The van der Waals surface area contributed by atoms with Gasteiger partial charge >= 0.3 is 6.01 Å². The van der Waals surface area contributed by atoms with Crippen molar-refractivity contribution in [3.8, 4) is 6.01 Å². The number of benzene rings is 1. The molecule has 9 nitrogen and oxygen atoms in total. The largest absolute Gasteiger partial charge is 0.463 e. The molecule has 9 heteroatoms. The molecule has 2 fully saturated rings. The molecule has 1 aromatic carbocycles. The summed E-state index contributed by atoms with van der Waals surface area (Å²) in [6, 6.07) is 8.97. The van der Waals surface area contributed by atoms with Crippen molar-refractivity contribution in [1.29, 1.82) is 0 Å². The van der Waals surface area contributed by atoms with Crippen molar-refractivity contribution in [3.05, 3.63) is 35.4 Å². The minimum absolute atomic E-state index is 0.0836. The predicted molar refractivity (Wildman–Crippen MR) is 174 cm³/mol. The molecule has 4 heterocycles. The van der Waals surface area contributed by atoms with Gasteiger partial charge in [0.2, 0.25) is 5.91 Å². The molecule has 3 aliphatic rings. The van der Waals surface area contributed by atoms with Crippen LogP contribution in [-0.4, -0.2) is 72.1 Å². The van der Waals surface area contributed by atoms with E-state index >= 15 is 0 Å². The first-order chi connectivity index (χ1) is 20.4. The summed E-state index contributed by atoms with van der Waals surface area (Å²) in [5.41, 5.74) is 9.12. The van der Waals surface area contributed by atoms with Crippen LogP contribution >= 0.6 is 0 Å². The Balaban J connectivity index is 0.000000370. The zero-order valence-electron chi connectivity index (χ0n) is 26.7. The number of ether oxygens (including phenoxy) is 1. The van der Waals surface area contributed by atoms with E-state index < -0.39 is 0 Å². The van der Waals surface area contributed by atoms with Gasteiger partial charge in [0.15, 0.2) is 11.6 Å². The van der Waals surface area contributed by atoms with Crippen molar-refractivity contribution in [2.24, 2.45) is 0 Å². The van der Waals surface area contributed by atoms with E-state index in [1.165, 1.54) is 76.7 Å². The van der Waals surface area contributed by atoms with Crippen molar-refractivity contribution >= 4 is 23.2 Å². The van der Waals surface area contributed by atoms with Crippen molar-refractivity contribution in [3.63, 3.8) is 0 Å². The summed E-state index contributed by atoms with van der Waals surface area (Å²) in [7, 11) is 2.17. The lowest BCUT2D eigenvalue weighted by molar-refractivity contribution is -0.115. The maximum absolute atomic E-state index is 12.2. The number of unbranched alkanes of at least 4 members (excludes halogenated alkanes) is 3. The standard InChI is InChI=1S/C23H32N6O2.C5H11N.C5H12/c1-2-3-14-31-23-26-21(24)20-22(27-23)29(13-10-19(30)25-20)16-18-8-6-17(7-9-18)15-28-11-4-5-12-28;1-6-4-2-3-5-6;1-3-5-4-2/h6-9H,2-5,10-16H2,1H3,(H,25,30)(H2,24,26,27);2-5H2,1H3;3-5H2,1-2H3. The van der Waals surface area contributed by atoms with Crippen LogP contribution in [0.25, 0.3) is 0 Å². The second-order valence-electron chi connectivity index (χ2n) is 11.7. The van der Waals surface area contributed by atoms with Gasteiger partial charge in [0, 0.05) is 26.1 Å². The van der Waals surface area contributed by atoms with Crippen LogP contribution < -0.4 is 20.7 Å². The number of amides is 1. The van der Waals surface area contributed by atoms with Crippen LogP contribution in [0, 0.1) is 0 Å². The van der Waals surface area contributed by atoms with Crippen LogP contribution in [0.5, 0.6) is 6.01 Å². The number of hydrogen-bond donors (Lipinski definition) is 2. The van der Waals surface area contributed by atoms with Gasteiger partial charge in [0.25, 0.3) is 0 Å². The topological polar surface area (TPSA) is 99.8 Å². The second kappa shape index (κ2) is 18.6. The molecule has 0 radical (unpaired) electrons. The fourth-order valence-electron chi connectivity index (χ4n) is 5.26. The highest BCUT2D eigenvalue weighted by Crippen LogP contribution is 2.34. The Morgan fingerprint density at radius 1 is 0.833 bits per heavy atom. The van der Waals surface area contributed by atoms with Crippen LogP contribution in [0.15, 0.2) is 24.3 Å². The monoisotopic (exact) mass is 581 g/mol. The molecule has 3 N–H and O–H groups in total. The molecular weight excluding hydrogens is 526 g/mol. The maximum Gasteiger partial charge on any atom is 0.320 e. The number of nitrogens with one attached hydrogen (secondary N) is 1. The van der Waals surface area contributed by atoms with Crippen molar-refractivity contribution < 1.29 is 9.53 Å². The van der Waals surface area contributed by atoms with Crippen LogP contribution in [0.4, 0.5) is 17.3 Å². The first kappa shape index (κ1) is 33.6. The lowest BCUT2D eigenvalue weighted by Crippen LogP contribution is -2.25. The minimum Gasteiger partial charge on any atom is -0.463 e. The Kier molecular flexibility index (Phi) is 14.9. The zero-order valence-corrected chi connectivity index (χ0v) is 26.7. The van der Waals surface area contributed by atoms with Crippen molar-refractivity contribution in [2.75, 3.05) is 62.3 Å². The first-order valence-corrected chi connectivity index (χ1v) is 16.3. The Morgan fingerprint density at radius 2 is 1.43 bits per heavy atom. The molecule has 1 aromatic heterocycles. The van der Waals surface area contributed by atoms with Gasteiger partial charge in [-0.05, 0) is 76.5 Å². The number of nitrogen functional groups attached to an aromatic ring is 1. The van der Waals surface area contributed by atoms with E-state index in [1.807, 2.05) is 0 Å². The molecular formula is C33H55N7O2. The summed E-state index contributed by atoms with van der Waals surface area (Å²) in [6.07, 6.45) is 11.8. The number of rotatable bonds is 10. The lowest BCUT2D eigenvalue weighted by atomic mass is 10.1. The normalized spacial score (nSPS) is 17.0. The first-order valence-electron chi connectivity index (χ1n) is 16.3. The number of nitrogens with two attached hydrogens (primary N) is 1. The fraction of sp³-hybridized carbons (Fsp3) is 0.667. The quantitative estimate of drug-likeness (QED) is 0.325. The second-order valence-corrected chi connectivity index (χ2v) is 11.7. The summed E-state index contributed by atoms with van der Waals surface area (Å²) in [5.74, 6) is 0.767. The van der Waals surface area contributed by atoms with Gasteiger partial charge in [0.05, 0.1) is 6.61 Å². The van der Waals surface area contributed by atoms with Gasteiger partial charge in [-0.15, -0.1) is 0 Å². The van der Waals surface area contributed by atoms with E-state index in [-0.39, 0.29) is 17.7 Å². The summed E-state index contributed by atoms with van der Waals surface area (Å²) in [6.45, 7) is 14.3. The Bertz CT molecular complexity index is 1050. The number of likely N-dealkylation sites (tertiary alicyclic amines) is 2. The van der Waals surface area contributed by atoms with Crippen LogP contribution in [-0.2, 0) is 17.9 Å². The van der Waals surface area contributed by atoms with Gasteiger partial charge in [0.1, 0.15) is 5.69 Å². The predicted octanol–water partition coefficient (Wildman–Crippen LogP) is 6.09. The molecule has 0 spiro atoms. The Morgan fingerprint density at radius 3 is 1.98 bits per heavy atom. The molecule has 0 atom stereocenters. The van der Waals surface area contributed by atoms with E-state index in [2.05, 4.69) is 82.1 Å². The highest BCUT2D eigenvalue weighted by atomic mass is 16.5. The fourth-order valence-corrected chi connectivity index (χ4v) is 5.26. The molecule has 0 saturated carbocycles. The van der Waals surface area contributed by atoms with Crippen LogP contribution in [0.1, 0.15) is 96.1 Å². The minimum atomic E-state index is -0.0836. The van der Waals surface area contributed by atoms with Gasteiger partial charge in [-0.1, -0.05) is 70.7 Å². The summed E-state index contributed by atoms with van der Waals surface area (Å²) < 4.78 is 5.69. The van der Waals surface area contributed by atoms with Crippen molar-refractivity contribution in [1.82, 2.24) is 19.8 Å². The number of carbonyl (C=O) groups excluding carboxylic acids is 1. The van der Waals surface area contributed by atoms with E-state index in [1.54, 1.807) is 0 Å². The highest BCUT2D eigenvalue weighted by Gasteiger charge is 2.25. The van der Waals surface area contributed by atoms with Crippen LogP contribution in [0.2, 0.25) is 0 Å². The number of hydrogen-bond acceptors (Lipinski definition) is 8. The molecule has 234 valence electrons. The highest BCUT2D eigenvalue weighted by molar-refractivity contribution is 5.98. The number of anilines is 3. The third kappa shape index (κ3) is 11.4. The van der Waals surface area contributed by atoms with Gasteiger partial charge in [-0.2, -0.15) is 9.97 Å². The lowest BCUT2D eigenvalue weighted by Gasteiger charge is -2.24. The van der Waals surface area contributed by atoms with Gasteiger partial charge < -0.3 is 25.6 Å². The summed E-state index contributed by atoms with van der Waals surface area (Å²) in [4.78, 5) is 28.0. The van der Waals surface area contributed by atoms with Crippen LogP contribution in [0.3, 0.4) is 0 Å². The van der Waals surface area contributed by atoms with Crippen molar-refractivity contribution in [2.45, 2.75) is 98.1 Å². The molecule has 0 unspecified atom stereocenters. The van der Waals surface area contributed by atoms with E-state index in [0.717, 1.165) is 24.9 Å². The zero-order chi connectivity index (χ0) is 30.2. The maximum atomic E-state index is 12.2. The van der Waals surface area contributed by atoms with Gasteiger partial charge in [-0.3, -0.25) is 9.69 Å². The molecule has 3 aliphatic heterocycles. The Hall–Kier alpha value is -2.91. The average Bonchev–Trinajstić information content (AvgIpc) is 3.65. The SMILES string of the molecule is CCCCC.CCCCOc1nc(N)c2c(n1)N(Cc1ccc(CN3CCCC3)cc1)CCC(=O)N2.CN1CCCC1. The number of aromatic nitrogens is 2. The third-order valence-corrected chi connectivity index (χ3v) is 7.84. The molecule has 5 rings (SSSR count). The molecule has 42 heavy (non-hydrogen) atoms. The third-order valence-electron chi connectivity index (χ3n) is 7.84. The molecule has 0 bridgehead atoms. The number of nitrogens with zero attached hydrogens (tertiary/aromatic N) is 5. The number of carbonyl (C=O) groups is 1.